The van der Waals surface area contributed by atoms with Crippen LogP contribution in [0.5, 0.6) is 0 Å². The largest absolute Gasteiger partial charge is 0.388 e. The smallest absolute Gasteiger partial charge is 0.292 e. The predicted octanol–water partition coefficient (Wildman–Crippen LogP) is 3.11. The Morgan fingerprint density at radius 1 is 1.47 bits per heavy atom. The van der Waals surface area contributed by atoms with Gasteiger partial charge in [-0.05, 0) is 37.8 Å². The van der Waals surface area contributed by atoms with Crippen molar-refractivity contribution < 1.29 is 10.0 Å². The number of nitrogens with one attached hydrogen (secondary N) is 1. The van der Waals surface area contributed by atoms with E-state index in [2.05, 4.69) is 5.32 Å². The van der Waals surface area contributed by atoms with Gasteiger partial charge in [0.15, 0.2) is 0 Å². The van der Waals surface area contributed by atoms with Crippen LogP contribution >= 0.6 is 0 Å². The number of aliphatic hydroxyl groups is 1. The first-order valence-corrected chi connectivity index (χ1v) is 6.42. The highest BCUT2D eigenvalue weighted by atomic mass is 16.6. The number of nitro benzene ring substituents is 1. The Morgan fingerprint density at radius 2 is 2.11 bits per heavy atom. The Hall–Kier alpha value is -1.62. The highest BCUT2D eigenvalue weighted by Gasteiger charge is 2.23. The van der Waals surface area contributed by atoms with E-state index >= 15 is 0 Å². The van der Waals surface area contributed by atoms with Crippen LogP contribution in [0.1, 0.15) is 32.8 Å². The van der Waals surface area contributed by atoms with Gasteiger partial charge in [0.2, 0.25) is 0 Å². The van der Waals surface area contributed by atoms with E-state index in [0.717, 1.165) is 5.56 Å². The third kappa shape index (κ3) is 4.87. The second-order valence-corrected chi connectivity index (χ2v) is 5.73. The summed E-state index contributed by atoms with van der Waals surface area (Å²) < 4.78 is 0. The van der Waals surface area contributed by atoms with Gasteiger partial charge in [0, 0.05) is 12.6 Å². The van der Waals surface area contributed by atoms with Gasteiger partial charge < -0.3 is 10.4 Å². The first-order chi connectivity index (χ1) is 8.71. The Labute approximate surface area is 113 Å². The number of aryl methyl sites for hydroxylation is 1. The number of benzene rings is 1. The fourth-order valence-corrected chi connectivity index (χ4v) is 2.18. The molecule has 0 saturated carbocycles. The van der Waals surface area contributed by atoms with Crippen molar-refractivity contribution in [1.82, 2.24) is 0 Å². The van der Waals surface area contributed by atoms with E-state index in [9.17, 15) is 15.2 Å². The average molecular weight is 266 g/mol. The molecule has 1 aromatic carbocycles. The SMILES string of the molecule is Cc1ccc(NCC(C)(O)CC(C)C)c([N+](=O)[O-])c1. The molecule has 0 bridgehead atoms. The van der Waals surface area contributed by atoms with Gasteiger partial charge in [0.25, 0.3) is 5.69 Å². The molecule has 1 aromatic rings. The lowest BCUT2D eigenvalue weighted by Crippen LogP contribution is -2.35. The van der Waals surface area contributed by atoms with Crippen LogP contribution in [0, 0.1) is 23.0 Å². The summed E-state index contributed by atoms with van der Waals surface area (Å²) in [5.41, 5.74) is 0.443. The number of hydrogen-bond donors (Lipinski definition) is 2. The third-order valence-corrected chi connectivity index (χ3v) is 2.86. The summed E-state index contributed by atoms with van der Waals surface area (Å²) in [5, 5.41) is 24.2. The van der Waals surface area contributed by atoms with E-state index in [1.165, 1.54) is 6.07 Å². The van der Waals surface area contributed by atoms with Gasteiger partial charge in [-0.2, -0.15) is 0 Å². The Morgan fingerprint density at radius 3 is 2.63 bits per heavy atom. The lowest BCUT2D eigenvalue weighted by Gasteiger charge is -2.26. The van der Waals surface area contributed by atoms with Gasteiger partial charge in [0.1, 0.15) is 5.69 Å². The van der Waals surface area contributed by atoms with Gasteiger partial charge in [-0.15, -0.1) is 0 Å². The van der Waals surface area contributed by atoms with E-state index in [4.69, 9.17) is 0 Å². The molecule has 1 unspecified atom stereocenters. The number of nitro groups is 1. The molecular formula is C14H22N2O3. The zero-order chi connectivity index (χ0) is 14.6. The molecule has 0 saturated heterocycles. The summed E-state index contributed by atoms with van der Waals surface area (Å²) in [5.74, 6) is 0.366. The molecule has 0 aliphatic rings. The van der Waals surface area contributed by atoms with E-state index in [1.807, 2.05) is 26.8 Å². The highest BCUT2D eigenvalue weighted by Crippen LogP contribution is 2.26. The minimum atomic E-state index is -0.882. The molecule has 0 radical (unpaired) electrons. The fraction of sp³-hybridized carbons (Fsp3) is 0.571. The van der Waals surface area contributed by atoms with Gasteiger partial charge in [-0.3, -0.25) is 10.1 Å². The van der Waals surface area contributed by atoms with Crippen molar-refractivity contribution in [2.75, 3.05) is 11.9 Å². The summed E-state index contributed by atoms with van der Waals surface area (Å²) in [7, 11) is 0. The molecule has 19 heavy (non-hydrogen) atoms. The van der Waals surface area contributed by atoms with Crippen LogP contribution in [0.15, 0.2) is 18.2 Å². The van der Waals surface area contributed by atoms with Crippen LogP contribution in [0.3, 0.4) is 0 Å². The molecule has 2 N–H and O–H groups in total. The van der Waals surface area contributed by atoms with Gasteiger partial charge in [-0.25, -0.2) is 0 Å². The van der Waals surface area contributed by atoms with Crippen LogP contribution in [-0.2, 0) is 0 Å². The Kier molecular flexibility index (Phi) is 4.89. The first-order valence-electron chi connectivity index (χ1n) is 6.42. The number of hydrogen-bond acceptors (Lipinski definition) is 4. The maximum absolute atomic E-state index is 11.0. The van der Waals surface area contributed by atoms with Crippen LogP contribution in [0.4, 0.5) is 11.4 Å². The molecule has 0 spiro atoms. The maximum Gasteiger partial charge on any atom is 0.292 e. The lowest BCUT2D eigenvalue weighted by atomic mass is 9.94. The van der Waals surface area contributed by atoms with Crippen molar-refractivity contribution in [1.29, 1.82) is 0 Å². The molecule has 0 fully saturated rings. The van der Waals surface area contributed by atoms with Crippen LogP contribution in [0.25, 0.3) is 0 Å². The molecular weight excluding hydrogens is 244 g/mol. The third-order valence-electron chi connectivity index (χ3n) is 2.86. The molecule has 5 heteroatoms. The van der Waals surface area contributed by atoms with Crippen molar-refractivity contribution >= 4 is 11.4 Å². The van der Waals surface area contributed by atoms with Crippen LogP contribution in [-0.4, -0.2) is 22.2 Å². The maximum atomic E-state index is 11.0. The van der Waals surface area contributed by atoms with Gasteiger partial charge in [0.05, 0.1) is 10.5 Å². The molecule has 5 nitrogen and oxygen atoms in total. The van der Waals surface area contributed by atoms with Crippen molar-refractivity contribution in [3.05, 3.63) is 33.9 Å². The summed E-state index contributed by atoms with van der Waals surface area (Å²) >= 11 is 0. The Balaban J connectivity index is 2.80. The number of nitrogens with zero attached hydrogens (tertiary/aromatic N) is 1. The monoisotopic (exact) mass is 266 g/mol. The van der Waals surface area contributed by atoms with E-state index < -0.39 is 10.5 Å². The van der Waals surface area contributed by atoms with Crippen LogP contribution < -0.4 is 5.32 Å². The summed E-state index contributed by atoms with van der Waals surface area (Å²) in [6, 6.07) is 5.02. The minimum absolute atomic E-state index is 0.0420. The normalized spacial score (nSPS) is 14.2. The highest BCUT2D eigenvalue weighted by molar-refractivity contribution is 5.62. The average Bonchev–Trinajstić information content (AvgIpc) is 2.25. The first kappa shape index (κ1) is 15.4. The standard InChI is InChI=1S/C14H22N2O3/c1-10(2)8-14(4,17)9-15-12-6-5-11(3)7-13(12)16(18)19/h5-7,10,15,17H,8-9H2,1-4H3. The van der Waals surface area contributed by atoms with E-state index in [-0.39, 0.29) is 12.2 Å². The predicted molar refractivity (Wildman–Crippen MR) is 76.4 cm³/mol. The quantitative estimate of drug-likeness (QED) is 0.612. The van der Waals surface area contributed by atoms with E-state index in [0.29, 0.717) is 18.0 Å². The summed E-state index contributed by atoms with van der Waals surface area (Å²) in [6.07, 6.45) is 0.639. The number of anilines is 1. The van der Waals surface area contributed by atoms with E-state index in [1.54, 1.807) is 13.0 Å². The van der Waals surface area contributed by atoms with Gasteiger partial charge in [-0.1, -0.05) is 19.9 Å². The van der Waals surface area contributed by atoms with Crippen molar-refractivity contribution in [3.8, 4) is 0 Å². The molecule has 0 amide bonds. The molecule has 0 aromatic heterocycles. The van der Waals surface area contributed by atoms with Crippen molar-refractivity contribution in [2.24, 2.45) is 5.92 Å². The molecule has 1 rings (SSSR count). The second kappa shape index (κ2) is 6.02. The fourth-order valence-electron chi connectivity index (χ4n) is 2.18. The van der Waals surface area contributed by atoms with Crippen molar-refractivity contribution in [2.45, 2.75) is 39.7 Å². The minimum Gasteiger partial charge on any atom is -0.388 e. The Bertz CT molecular complexity index is 456. The molecule has 0 heterocycles. The zero-order valence-electron chi connectivity index (χ0n) is 11.9. The lowest BCUT2D eigenvalue weighted by molar-refractivity contribution is -0.384. The second-order valence-electron chi connectivity index (χ2n) is 5.73. The molecule has 0 aliphatic heterocycles. The zero-order valence-corrected chi connectivity index (χ0v) is 11.9. The summed E-state index contributed by atoms with van der Waals surface area (Å²) in [4.78, 5) is 10.6. The number of rotatable bonds is 6. The van der Waals surface area contributed by atoms with Gasteiger partial charge >= 0.3 is 0 Å². The topological polar surface area (TPSA) is 75.4 Å². The molecule has 1 atom stereocenters. The molecule has 106 valence electrons. The molecule has 0 aliphatic carbocycles. The summed E-state index contributed by atoms with van der Waals surface area (Å²) in [6.45, 7) is 7.90. The van der Waals surface area contributed by atoms with Crippen LogP contribution in [0.2, 0.25) is 0 Å². The van der Waals surface area contributed by atoms with Crippen molar-refractivity contribution in [3.63, 3.8) is 0 Å².